The molecule has 1 N–H and O–H groups in total. The predicted molar refractivity (Wildman–Crippen MR) is 109 cm³/mol. The molecule has 2 atom stereocenters. The maximum absolute atomic E-state index is 13.4. The Bertz CT molecular complexity index is 770. The Morgan fingerprint density at radius 2 is 2.00 bits per heavy atom. The van der Waals surface area contributed by atoms with Crippen molar-refractivity contribution in [3.63, 3.8) is 0 Å². The van der Waals surface area contributed by atoms with Crippen molar-refractivity contribution >= 4 is 16.6 Å². The summed E-state index contributed by atoms with van der Waals surface area (Å²) in [6, 6.07) is 7.53. The highest BCUT2D eigenvalue weighted by Gasteiger charge is 2.27. The largest absolute Gasteiger partial charge is 0.369 e. The van der Waals surface area contributed by atoms with E-state index in [2.05, 4.69) is 42.9 Å². The Hall–Kier alpha value is -1.75. The van der Waals surface area contributed by atoms with E-state index < -0.39 is 6.43 Å². The molecule has 3 nitrogen and oxygen atoms in total. The van der Waals surface area contributed by atoms with Gasteiger partial charge in [0, 0.05) is 42.0 Å². The van der Waals surface area contributed by atoms with Crippen LogP contribution in [0.15, 0.2) is 30.5 Å². The SMILES string of the molecule is C[C@H]1C[C@@H](NCCC(C)(C)C)CN(c2ccc(C(F)F)c3ncccc23)C1. The minimum atomic E-state index is -2.51. The highest BCUT2D eigenvalue weighted by molar-refractivity contribution is 5.94. The third-order valence-corrected chi connectivity index (χ3v) is 5.32. The first-order valence-corrected chi connectivity index (χ1v) is 9.89. The Labute approximate surface area is 161 Å². The monoisotopic (exact) mass is 375 g/mol. The molecule has 2 heterocycles. The van der Waals surface area contributed by atoms with E-state index in [1.165, 1.54) is 6.07 Å². The summed E-state index contributed by atoms with van der Waals surface area (Å²) in [5.74, 6) is 0.549. The molecule has 2 aromatic rings. The highest BCUT2D eigenvalue weighted by atomic mass is 19.3. The standard InChI is InChI=1S/C22H31F2N3/c1-15-12-16(25-11-9-22(2,3)4)14-27(13-15)19-8-7-18(21(23)24)20-17(19)6-5-10-26-20/h5-8,10,15-16,21,25H,9,11-14H2,1-4H3/t15-,16+/m0/s1. The third kappa shape index (κ3) is 4.95. The Balaban J connectivity index is 1.82. The van der Waals surface area contributed by atoms with Crippen LogP contribution < -0.4 is 10.2 Å². The molecule has 0 spiro atoms. The topological polar surface area (TPSA) is 28.2 Å². The molecule has 5 heteroatoms. The molecule has 0 amide bonds. The number of nitrogens with zero attached hydrogens (tertiary/aromatic N) is 2. The fourth-order valence-electron chi connectivity index (χ4n) is 3.98. The van der Waals surface area contributed by atoms with Crippen LogP contribution in [0.3, 0.4) is 0 Å². The Morgan fingerprint density at radius 1 is 1.22 bits per heavy atom. The first-order valence-electron chi connectivity index (χ1n) is 9.89. The lowest BCUT2D eigenvalue weighted by atomic mass is 9.91. The second-order valence-corrected chi connectivity index (χ2v) is 9.08. The van der Waals surface area contributed by atoms with Gasteiger partial charge in [-0.1, -0.05) is 27.7 Å². The number of pyridine rings is 1. The van der Waals surface area contributed by atoms with Crippen LogP contribution in [0, 0.1) is 11.3 Å². The lowest BCUT2D eigenvalue weighted by Gasteiger charge is -2.39. The van der Waals surface area contributed by atoms with Crippen LogP contribution in [0.2, 0.25) is 0 Å². The average molecular weight is 376 g/mol. The molecule has 0 unspecified atom stereocenters. The van der Waals surface area contributed by atoms with Crippen LogP contribution in [0.1, 0.15) is 52.5 Å². The van der Waals surface area contributed by atoms with Crippen molar-refractivity contribution in [3.8, 4) is 0 Å². The number of hydrogen-bond acceptors (Lipinski definition) is 3. The summed E-state index contributed by atoms with van der Waals surface area (Å²) in [4.78, 5) is 6.59. The fourth-order valence-corrected chi connectivity index (χ4v) is 3.98. The quantitative estimate of drug-likeness (QED) is 0.757. The number of halogens is 2. The Kier molecular flexibility index (Phi) is 5.99. The molecular weight excluding hydrogens is 344 g/mol. The van der Waals surface area contributed by atoms with Crippen LogP contribution in [-0.2, 0) is 0 Å². The molecule has 0 saturated carbocycles. The molecule has 1 aromatic carbocycles. The predicted octanol–water partition coefficient (Wildman–Crippen LogP) is 5.41. The van der Waals surface area contributed by atoms with Gasteiger partial charge in [-0.3, -0.25) is 4.98 Å². The third-order valence-electron chi connectivity index (χ3n) is 5.32. The number of fused-ring (bicyclic) bond motifs is 1. The van der Waals surface area contributed by atoms with Crippen LogP contribution in [-0.4, -0.2) is 30.7 Å². The van der Waals surface area contributed by atoms with E-state index in [0.29, 0.717) is 22.9 Å². The van der Waals surface area contributed by atoms with Gasteiger partial charge in [-0.15, -0.1) is 0 Å². The number of hydrogen-bond donors (Lipinski definition) is 1. The first kappa shape index (κ1) is 20.0. The van der Waals surface area contributed by atoms with E-state index in [0.717, 1.165) is 43.5 Å². The number of piperidine rings is 1. The second-order valence-electron chi connectivity index (χ2n) is 9.08. The van der Waals surface area contributed by atoms with Gasteiger partial charge in [0.2, 0.25) is 0 Å². The lowest BCUT2D eigenvalue weighted by molar-refractivity contribution is 0.153. The molecule has 0 bridgehead atoms. The molecule has 1 fully saturated rings. The van der Waals surface area contributed by atoms with E-state index in [-0.39, 0.29) is 5.56 Å². The maximum atomic E-state index is 13.4. The van der Waals surface area contributed by atoms with E-state index in [1.54, 1.807) is 6.20 Å². The van der Waals surface area contributed by atoms with Crippen molar-refractivity contribution < 1.29 is 8.78 Å². The van der Waals surface area contributed by atoms with Gasteiger partial charge in [-0.2, -0.15) is 0 Å². The van der Waals surface area contributed by atoms with E-state index in [4.69, 9.17) is 0 Å². The minimum absolute atomic E-state index is 0.0132. The van der Waals surface area contributed by atoms with Crippen molar-refractivity contribution in [2.75, 3.05) is 24.5 Å². The summed E-state index contributed by atoms with van der Waals surface area (Å²) in [6.45, 7) is 11.9. The Morgan fingerprint density at radius 3 is 2.70 bits per heavy atom. The number of rotatable bonds is 5. The van der Waals surface area contributed by atoms with Gasteiger partial charge < -0.3 is 10.2 Å². The van der Waals surface area contributed by atoms with Crippen molar-refractivity contribution in [2.45, 2.75) is 53.0 Å². The maximum Gasteiger partial charge on any atom is 0.265 e. The molecule has 1 aliphatic heterocycles. The smallest absolute Gasteiger partial charge is 0.265 e. The molecule has 1 aliphatic rings. The lowest BCUT2D eigenvalue weighted by Crippen LogP contribution is -2.49. The van der Waals surface area contributed by atoms with Gasteiger partial charge in [0.05, 0.1) is 5.52 Å². The normalized spacial score (nSPS) is 21.2. The summed E-state index contributed by atoms with van der Waals surface area (Å²) < 4.78 is 26.7. The van der Waals surface area contributed by atoms with Crippen molar-refractivity contribution in [2.24, 2.45) is 11.3 Å². The van der Waals surface area contributed by atoms with Gasteiger partial charge in [0.25, 0.3) is 6.43 Å². The first-order chi connectivity index (χ1) is 12.7. The van der Waals surface area contributed by atoms with Crippen molar-refractivity contribution in [3.05, 3.63) is 36.0 Å². The summed E-state index contributed by atoms with van der Waals surface area (Å²) >= 11 is 0. The van der Waals surface area contributed by atoms with Gasteiger partial charge in [0.1, 0.15) is 0 Å². The number of alkyl halides is 2. The van der Waals surface area contributed by atoms with Gasteiger partial charge in [-0.25, -0.2) is 8.78 Å². The summed E-state index contributed by atoms with van der Waals surface area (Å²) in [6.07, 6.45) is 1.36. The summed E-state index contributed by atoms with van der Waals surface area (Å²) in [5.41, 5.74) is 1.76. The molecule has 0 aliphatic carbocycles. The molecule has 27 heavy (non-hydrogen) atoms. The zero-order valence-electron chi connectivity index (χ0n) is 16.8. The number of anilines is 1. The van der Waals surface area contributed by atoms with Gasteiger partial charge in [0.15, 0.2) is 0 Å². The average Bonchev–Trinajstić information content (AvgIpc) is 2.59. The van der Waals surface area contributed by atoms with Gasteiger partial charge in [-0.05, 0) is 55.0 Å². The van der Waals surface area contributed by atoms with E-state index >= 15 is 0 Å². The molecule has 1 saturated heterocycles. The zero-order valence-corrected chi connectivity index (χ0v) is 16.8. The number of benzene rings is 1. The number of aromatic nitrogens is 1. The molecule has 0 radical (unpaired) electrons. The van der Waals surface area contributed by atoms with Crippen LogP contribution >= 0.6 is 0 Å². The highest BCUT2D eigenvalue weighted by Crippen LogP contribution is 2.34. The zero-order chi connectivity index (χ0) is 19.6. The molecule has 148 valence electrons. The fraction of sp³-hybridized carbons (Fsp3) is 0.591. The molecule has 3 rings (SSSR count). The molecule has 1 aromatic heterocycles. The van der Waals surface area contributed by atoms with E-state index in [1.807, 2.05) is 18.2 Å². The van der Waals surface area contributed by atoms with Crippen LogP contribution in [0.5, 0.6) is 0 Å². The van der Waals surface area contributed by atoms with E-state index in [9.17, 15) is 8.78 Å². The molecular formula is C22H31F2N3. The summed E-state index contributed by atoms with van der Waals surface area (Å²) in [7, 11) is 0. The van der Waals surface area contributed by atoms with Gasteiger partial charge >= 0.3 is 0 Å². The van der Waals surface area contributed by atoms with Crippen LogP contribution in [0.25, 0.3) is 10.9 Å². The summed E-state index contributed by atoms with van der Waals surface area (Å²) in [5, 5.41) is 4.53. The second kappa shape index (κ2) is 8.09. The van der Waals surface area contributed by atoms with Crippen LogP contribution in [0.4, 0.5) is 14.5 Å². The van der Waals surface area contributed by atoms with Crippen molar-refractivity contribution in [1.82, 2.24) is 10.3 Å². The number of nitrogens with one attached hydrogen (secondary N) is 1. The minimum Gasteiger partial charge on any atom is -0.369 e. The van der Waals surface area contributed by atoms with Crippen molar-refractivity contribution in [1.29, 1.82) is 0 Å².